The van der Waals surface area contributed by atoms with Gasteiger partial charge < -0.3 is 18.9 Å². The van der Waals surface area contributed by atoms with Crippen molar-refractivity contribution in [1.82, 2.24) is 5.43 Å². The molecular formula is C25H24N2O6. The molecule has 0 fully saturated rings. The molecule has 33 heavy (non-hydrogen) atoms. The van der Waals surface area contributed by atoms with Gasteiger partial charge in [0, 0.05) is 0 Å². The summed E-state index contributed by atoms with van der Waals surface area (Å²) < 4.78 is 21.1. The zero-order valence-electron chi connectivity index (χ0n) is 18.5. The summed E-state index contributed by atoms with van der Waals surface area (Å²) in [5.74, 6) is 1.02. The topological polar surface area (TPSA) is 95.5 Å². The number of hydrogen-bond donors (Lipinski definition) is 1. The van der Waals surface area contributed by atoms with Crippen LogP contribution in [0.4, 0.5) is 0 Å². The van der Waals surface area contributed by atoms with E-state index in [4.69, 9.17) is 18.9 Å². The molecule has 8 heteroatoms. The van der Waals surface area contributed by atoms with Crippen LogP contribution in [0.25, 0.3) is 0 Å². The lowest BCUT2D eigenvalue weighted by atomic mass is 10.2. The predicted octanol–water partition coefficient (Wildman–Crippen LogP) is 3.76. The Morgan fingerprint density at radius 2 is 1.55 bits per heavy atom. The van der Waals surface area contributed by atoms with Gasteiger partial charge in [-0.05, 0) is 67.1 Å². The number of hydrazone groups is 1. The molecular weight excluding hydrogens is 424 g/mol. The minimum absolute atomic E-state index is 0.147. The first-order chi connectivity index (χ1) is 16.0. The lowest BCUT2D eigenvalue weighted by Gasteiger charge is -2.09. The van der Waals surface area contributed by atoms with Crippen LogP contribution in [0.5, 0.6) is 23.0 Å². The smallest absolute Gasteiger partial charge is 0.343 e. The highest BCUT2D eigenvalue weighted by molar-refractivity contribution is 5.92. The van der Waals surface area contributed by atoms with Crippen LogP contribution in [0, 0.1) is 6.92 Å². The third kappa shape index (κ3) is 6.83. The fraction of sp³-hybridized carbons (Fsp3) is 0.160. The van der Waals surface area contributed by atoms with Crippen LogP contribution in [0.15, 0.2) is 71.8 Å². The lowest BCUT2D eigenvalue weighted by Crippen LogP contribution is -2.24. The predicted molar refractivity (Wildman–Crippen MR) is 123 cm³/mol. The number of carbonyl (C=O) groups excluding carboxylic acids is 2. The van der Waals surface area contributed by atoms with Gasteiger partial charge in [-0.1, -0.05) is 17.7 Å². The van der Waals surface area contributed by atoms with Crippen molar-refractivity contribution in [2.45, 2.75) is 6.92 Å². The number of nitrogens with one attached hydrogen (secondary N) is 1. The molecule has 1 amide bonds. The largest absolute Gasteiger partial charge is 0.493 e. The van der Waals surface area contributed by atoms with Gasteiger partial charge in [0.25, 0.3) is 5.91 Å². The van der Waals surface area contributed by atoms with E-state index in [1.54, 1.807) is 54.6 Å². The number of ether oxygens (including phenoxy) is 4. The maximum absolute atomic E-state index is 12.4. The molecule has 0 saturated heterocycles. The molecule has 170 valence electrons. The molecule has 0 unspecified atom stereocenters. The van der Waals surface area contributed by atoms with Gasteiger partial charge in [-0.15, -0.1) is 0 Å². The van der Waals surface area contributed by atoms with E-state index in [1.807, 2.05) is 19.1 Å². The molecule has 3 rings (SSSR count). The number of rotatable bonds is 9. The van der Waals surface area contributed by atoms with E-state index in [1.165, 1.54) is 20.4 Å². The molecule has 0 aliphatic rings. The highest BCUT2D eigenvalue weighted by Crippen LogP contribution is 2.28. The maximum Gasteiger partial charge on any atom is 0.343 e. The summed E-state index contributed by atoms with van der Waals surface area (Å²) in [7, 11) is 3.01. The molecule has 0 atom stereocenters. The first-order valence-electron chi connectivity index (χ1n) is 10.0. The van der Waals surface area contributed by atoms with E-state index >= 15 is 0 Å². The molecule has 0 radical (unpaired) electrons. The van der Waals surface area contributed by atoms with Crippen molar-refractivity contribution in [1.29, 1.82) is 0 Å². The molecule has 0 heterocycles. The fourth-order valence-electron chi connectivity index (χ4n) is 2.75. The summed E-state index contributed by atoms with van der Waals surface area (Å²) in [6.45, 7) is 1.82. The molecule has 3 aromatic rings. The second-order valence-corrected chi connectivity index (χ2v) is 6.92. The quantitative estimate of drug-likeness (QED) is 0.232. The lowest BCUT2D eigenvalue weighted by molar-refractivity contribution is -0.123. The van der Waals surface area contributed by atoms with Gasteiger partial charge in [-0.3, -0.25) is 4.79 Å². The molecule has 3 aromatic carbocycles. The molecule has 0 aromatic heterocycles. The number of hydrogen-bond acceptors (Lipinski definition) is 7. The monoisotopic (exact) mass is 448 g/mol. The minimum atomic E-state index is -0.529. The van der Waals surface area contributed by atoms with Gasteiger partial charge in [0.2, 0.25) is 0 Å². The Balaban J connectivity index is 1.49. The summed E-state index contributed by atoms with van der Waals surface area (Å²) in [6.07, 6.45) is 1.48. The number of nitrogens with zero attached hydrogens (tertiary/aromatic N) is 1. The SMILES string of the molecule is COc1ccc(C(=O)Oc2ccc(C=NNC(=O)COc3ccc(C)cc3)cc2)cc1OC. The Kier molecular flexibility index (Phi) is 8.02. The van der Waals surface area contributed by atoms with Crippen LogP contribution in [0.2, 0.25) is 0 Å². The number of aryl methyl sites for hydroxylation is 1. The maximum atomic E-state index is 12.4. The van der Waals surface area contributed by atoms with Crippen molar-refractivity contribution in [2.75, 3.05) is 20.8 Å². The Morgan fingerprint density at radius 1 is 0.879 bits per heavy atom. The van der Waals surface area contributed by atoms with Crippen molar-refractivity contribution in [3.05, 3.63) is 83.4 Å². The van der Waals surface area contributed by atoms with E-state index in [-0.39, 0.29) is 12.5 Å². The Hall–Kier alpha value is -4.33. The standard InChI is InChI=1S/C25H24N2O6/c1-17-4-9-20(10-5-17)32-16-24(28)27-26-15-18-6-11-21(12-7-18)33-25(29)19-8-13-22(30-2)23(14-19)31-3/h4-15H,16H2,1-3H3,(H,27,28). The first-order valence-corrected chi connectivity index (χ1v) is 10.0. The number of esters is 1. The van der Waals surface area contributed by atoms with Crippen LogP contribution in [0.3, 0.4) is 0 Å². The summed E-state index contributed by atoms with van der Waals surface area (Å²) >= 11 is 0. The molecule has 8 nitrogen and oxygen atoms in total. The number of benzene rings is 3. The number of carbonyl (C=O) groups is 2. The van der Waals surface area contributed by atoms with Crippen molar-refractivity contribution >= 4 is 18.1 Å². The van der Waals surface area contributed by atoms with Gasteiger partial charge >= 0.3 is 5.97 Å². The highest BCUT2D eigenvalue weighted by atomic mass is 16.5. The van der Waals surface area contributed by atoms with Crippen molar-refractivity contribution in [2.24, 2.45) is 5.10 Å². The van der Waals surface area contributed by atoms with Crippen molar-refractivity contribution in [3.63, 3.8) is 0 Å². The van der Waals surface area contributed by atoms with E-state index in [2.05, 4.69) is 10.5 Å². The van der Waals surface area contributed by atoms with Crippen LogP contribution in [-0.4, -0.2) is 38.9 Å². The van der Waals surface area contributed by atoms with Gasteiger partial charge in [-0.2, -0.15) is 5.10 Å². The normalized spacial score (nSPS) is 10.5. The van der Waals surface area contributed by atoms with Gasteiger partial charge in [-0.25, -0.2) is 10.2 Å². The molecule has 0 aliphatic carbocycles. The third-order valence-corrected chi connectivity index (χ3v) is 4.50. The van der Waals surface area contributed by atoms with Gasteiger partial charge in [0.15, 0.2) is 18.1 Å². The summed E-state index contributed by atoms with van der Waals surface area (Å²) in [4.78, 5) is 24.2. The average molecular weight is 448 g/mol. The molecule has 0 saturated carbocycles. The molecule has 0 aliphatic heterocycles. The zero-order chi connectivity index (χ0) is 23.6. The van der Waals surface area contributed by atoms with E-state index in [0.29, 0.717) is 34.1 Å². The second-order valence-electron chi connectivity index (χ2n) is 6.92. The summed E-state index contributed by atoms with van der Waals surface area (Å²) in [5.41, 5.74) is 4.55. The Bertz CT molecular complexity index is 1120. The summed E-state index contributed by atoms with van der Waals surface area (Å²) in [5, 5.41) is 3.90. The van der Waals surface area contributed by atoms with Crippen molar-refractivity contribution < 1.29 is 28.5 Å². The minimum Gasteiger partial charge on any atom is -0.493 e. The van der Waals surface area contributed by atoms with Gasteiger partial charge in [0.1, 0.15) is 11.5 Å². The average Bonchev–Trinajstić information content (AvgIpc) is 2.84. The Labute approximate surface area is 191 Å². The van der Waals surface area contributed by atoms with Crippen LogP contribution < -0.4 is 24.4 Å². The van der Waals surface area contributed by atoms with E-state index in [0.717, 1.165) is 5.56 Å². The zero-order valence-corrected chi connectivity index (χ0v) is 18.5. The van der Waals surface area contributed by atoms with Crippen LogP contribution >= 0.6 is 0 Å². The number of amides is 1. The van der Waals surface area contributed by atoms with E-state index in [9.17, 15) is 9.59 Å². The summed E-state index contributed by atoms with van der Waals surface area (Å²) in [6, 6.07) is 18.8. The van der Waals surface area contributed by atoms with E-state index < -0.39 is 5.97 Å². The molecule has 0 spiro atoms. The van der Waals surface area contributed by atoms with Crippen LogP contribution in [0.1, 0.15) is 21.5 Å². The van der Waals surface area contributed by atoms with Crippen molar-refractivity contribution in [3.8, 4) is 23.0 Å². The number of methoxy groups -OCH3 is 2. The Morgan fingerprint density at radius 3 is 2.21 bits per heavy atom. The molecule has 0 bridgehead atoms. The van der Waals surface area contributed by atoms with Gasteiger partial charge in [0.05, 0.1) is 26.0 Å². The first kappa shape index (κ1) is 23.3. The van der Waals surface area contributed by atoms with Crippen LogP contribution in [-0.2, 0) is 4.79 Å². The highest BCUT2D eigenvalue weighted by Gasteiger charge is 2.13. The molecule has 1 N–H and O–H groups in total. The third-order valence-electron chi connectivity index (χ3n) is 4.50. The fourth-order valence-corrected chi connectivity index (χ4v) is 2.75. The second kappa shape index (κ2) is 11.3.